The van der Waals surface area contributed by atoms with E-state index in [0.29, 0.717) is 12.3 Å². The summed E-state index contributed by atoms with van der Waals surface area (Å²) in [7, 11) is 0. The number of anilines is 1. The van der Waals surface area contributed by atoms with Crippen molar-refractivity contribution in [1.82, 2.24) is 9.97 Å². The standard InChI is InChI=1S/C25H22N4O2/c30-24-17-23(21-9-5-2-6-10-21)27-25(28-24)29-26-18-20-11-13-22(14-12-20)31-16-15-19-7-3-1-4-8-19/h1-14,17-18H,15-16H2,(H2,27,28,29,30)/b26-18+. The molecule has 0 fully saturated rings. The van der Waals surface area contributed by atoms with Crippen LogP contribution < -0.4 is 15.7 Å². The van der Waals surface area contributed by atoms with E-state index in [1.165, 1.54) is 11.6 Å². The maximum absolute atomic E-state index is 11.9. The third-order valence-corrected chi connectivity index (χ3v) is 4.58. The van der Waals surface area contributed by atoms with Gasteiger partial charge in [-0.15, -0.1) is 0 Å². The minimum atomic E-state index is -0.247. The minimum absolute atomic E-state index is 0.247. The molecule has 0 spiro atoms. The average Bonchev–Trinajstić information content (AvgIpc) is 2.81. The van der Waals surface area contributed by atoms with Gasteiger partial charge in [0.05, 0.1) is 18.5 Å². The van der Waals surface area contributed by atoms with Crippen LogP contribution >= 0.6 is 0 Å². The van der Waals surface area contributed by atoms with Gasteiger partial charge in [0, 0.05) is 18.1 Å². The highest BCUT2D eigenvalue weighted by Gasteiger charge is 2.03. The summed E-state index contributed by atoms with van der Waals surface area (Å²) in [6.45, 7) is 0.621. The second kappa shape index (κ2) is 10.0. The lowest BCUT2D eigenvalue weighted by Crippen LogP contribution is -2.10. The zero-order valence-corrected chi connectivity index (χ0v) is 16.9. The zero-order valence-electron chi connectivity index (χ0n) is 16.9. The maximum Gasteiger partial charge on any atom is 0.252 e. The molecule has 0 amide bonds. The Hall–Kier alpha value is -4.19. The lowest BCUT2D eigenvalue weighted by Gasteiger charge is -2.06. The second-order valence-electron chi connectivity index (χ2n) is 6.87. The van der Waals surface area contributed by atoms with Crippen molar-refractivity contribution in [2.75, 3.05) is 12.0 Å². The maximum atomic E-state index is 11.9. The van der Waals surface area contributed by atoms with Gasteiger partial charge in [-0.05, 0) is 35.4 Å². The van der Waals surface area contributed by atoms with E-state index in [2.05, 4.69) is 32.6 Å². The monoisotopic (exact) mass is 410 g/mol. The van der Waals surface area contributed by atoms with Crippen LogP contribution in [0, 0.1) is 0 Å². The fourth-order valence-corrected chi connectivity index (χ4v) is 3.02. The molecule has 6 nitrogen and oxygen atoms in total. The Labute approximate surface area is 180 Å². The SMILES string of the molecule is O=c1cc(-c2ccccc2)nc(N/N=C/c2ccc(OCCc3ccccc3)cc2)[nH]1. The number of aromatic nitrogens is 2. The number of H-pyrrole nitrogens is 1. The fourth-order valence-electron chi connectivity index (χ4n) is 3.02. The van der Waals surface area contributed by atoms with E-state index in [1.807, 2.05) is 72.8 Å². The Morgan fingerprint density at radius 3 is 2.39 bits per heavy atom. The van der Waals surface area contributed by atoms with Crippen LogP contribution in [0.15, 0.2) is 101 Å². The van der Waals surface area contributed by atoms with Crippen LogP contribution in [0.5, 0.6) is 5.75 Å². The van der Waals surface area contributed by atoms with E-state index in [1.54, 1.807) is 6.21 Å². The molecule has 6 heteroatoms. The highest BCUT2D eigenvalue weighted by atomic mass is 16.5. The number of nitrogens with one attached hydrogen (secondary N) is 2. The second-order valence-corrected chi connectivity index (χ2v) is 6.87. The lowest BCUT2D eigenvalue weighted by atomic mass is 10.1. The van der Waals surface area contributed by atoms with E-state index in [9.17, 15) is 4.79 Å². The molecule has 0 radical (unpaired) electrons. The molecule has 31 heavy (non-hydrogen) atoms. The van der Waals surface area contributed by atoms with E-state index in [4.69, 9.17) is 4.74 Å². The normalized spacial score (nSPS) is 10.8. The molecule has 3 aromatic carbocycles. The summed E-state index contributed by atoms with van der Waals surface area (Å²) in [4.78, 5) is 19.0. The molecule has 0 atom stereocenters. The Bertz CT molecular complexity index is 1190. The van der Waals surface area contributed by atoms with Gasteiger partial charge in [-0.2, -0.15) is 5.10 Å². The van der Waals surface area contributed by atoms with Crippen LogP contribution in [0.4, 0.5) is 5.95 Å². The van der Waals surface area contributed by atoms with Crippen molar-refractivity contribution >= 4 is 12.2 Å². The van der Waals surface area contributed by atoms with Crippen LogP contribution in [-0.2, 0) is 6.42 Å². The van der Waals surface area contributed by atoms with Crippen molar-refractivity contribution in [3.8, 4) is 17.0 Å². The Kier molecular flexibility index (Phi) is 6.50. The molecule has 2 N–H and O–H groups in total. The summed E-state index contributed by atoms with van der Waals surface area (Å²) in [5.74, 6) is 1.09. The van der Waals surface area contributed by atoms with Crippen molar-refractivity contribution in [2.24, 2.45) is 5.10 Å². The number of rotatable bonds is 8. The number of ether oxygens (including phenoxy) is 1. The third kappa shape index (κ3) is 5.90. The number of nitrogens with zero attached hydrogens (tertiary/aromatic N) is 2. The molecular formula is C25H22N4O2. The molecule has 0 saturated carbocycles. The van der Waals surface area contributed by atoms with Crippen molar-refractivity contribution < 1.29 is 4.74 Å². The quantitative estimate of drug-likeness (QED) is 0.331. The highest BCUT2D eigenvalue weighted by molar-refractivity contribution is 5.80. The third-order valence-electron chi connectivity index (χ3n) is 4.58. The smallest absolute Gasteiger partial charge is 0.252 e. The Morgan fingerprint density at radius 2 is 1.65 bits per heavy atom. The number of aromatic amines is 1. The van der Waals surface area contributed by atoms with Gasteiger partial charge >= 0.3 is 0 Å². The predicted molar refractivity (Wildman–Crippen MR) is 124 cm³/mol. The van der Waals surface area contributed by atoms with Crippen LogP contribution in [0.3, 0.4) is 0 Å². The summed E-state index contributed by atoms with van der Waals surface area (Å²) in [5, 5.41) is 4.17. The lowest BCUT2D eigenvalue weighted by molar-refractivity contribution is 0.322. The first kappa shape index (κ1) is 20.1. The van der Waals surface area contributed by atoms with Gasteiger partial charge in [-0.25, -0.2) is 10.4 Å². The predicted octanol–water partition coefficient (Wildman–Crippen LogP) is 4.50. The van der Waals surface area contributed by atoms with E-state index in [-0.39, 0.29) is 11.5 Å². The zero-order chi connectivity index (χ0) is 21.3. The van der Waals surface area contributed by atoms with Gasteiger partial charge in [-0.1, -0.05) is 60.7 Å². The topological polar surface area (TPSA) is 79.4 Å². The Morgan fingerprint density at radius 1 is 0.935 bits per heavy atom. The summed E-state index contributed by atoms with van der Waals surface area (Å²) >= 11 is 0. The summed E-state index contributed by atoms with van der Waals surface area (Å²) in [6, 6.07) is 28.9. The minimum Gasteiger partial charge on any atom is -0.493 e. The van der Waals surface area contributed by atoms with Crippen LogP contribution in [0.1, 0.15) is 11.1 Å². The first-order valence-corrected chi connectivity index (χ1v) is 9.99. The molecule has 4 aromatic rings. The highest BCUT2D eigenvalue weighted by Crippen LogP contribution is 2.15. The summed E-state index contributed by atoms with van der Waals surface area (Å²) in [6.07, 6.45) is 2.52. The van der Waals surface area contributed by atoms with Crippen molar-refractivity contribution in [3.05, 3.63) is 112 Å². The van der Waals surface area contributed by atoms with Crippen molar-refractivity contribution in [1.29, 1.82) is 0 Å². The first-order valence-electron chi connectivity index (χ1n) is 9.99. The van der Waals surface area contributed by atoms with Crippen LogP contribution in [-0.4, -0.2) is 22.8 Å². The molecule has 0 aliphatic heterocycles. The molecule has 0 unspecified atom stereocenters. The average molecular weight is 410 g/mol. The fraction of sp³-hybridized carbons (Fsp3) is 0.0800. The molecule has 0 bridgehead atoms. The van der Waals surface area contributed by atoms with Gasteiger partial charge in [0.25, 0.3) is 5.56 Å². The first-order chi connectivity index (χ1) is 15.3. The van der Waals surface area contributed by atoms with Gasteiger partial charge in [0.2, 0.25) is 5.95 Å². The van der Waals surface area contributed by atoms with E-state index < -0.39 is 0 Å². The molecule has 0 aliphatic carbocycles. The van der Waals surface area contributed by atoms with Gasteiger partial charge in [0.1, 0.15) is 5.75 Å². The van der Waals surface area contributed by atoms with E-state index >= 15 is 0 Å². The van der Waals surface area contributed by atoms with Gasteiger partial charge < -0.3 is 4.74 Å². The van der Waals surface area contributed by atoms with Gasteiger partial charge in [-0.3, -0.25) is 9.78 Å². The Balaban J connectivity index is 1.33. The van der Waals surface area contributed by atoms with Crippen LogP contribution in [0.25, 0.3) is 11.3 Å². The molecule has 4 rings (SSSR count). The molecule has 1 heterocycles. The van der Waals surface area contributed by atoms with Crippen LogP contribution in [0.2, 0.25) is 0 Å². The number of hydrazone groups is 1. The van der Waals surface area contributed by atoms with Crippen molar-refractivity contribution in [2.45, 2.75) is 6.42 Å². The summed E-state index contributed by atoms with van der Waals surface area (Å²) < 4.78 is 5.80. The summed E-state index contributed by atoms with van der Waals surface area (Å²) in [5.41, 5.74) is 6.13. The molecule has 1 aromatic heterocycles. The molecule has 154 valence electrons. The molecule has 0 aliphatic rings. The largest absolute Gasteiger partial charge is 0.493 e. The molecule has 0 saturated heterocycles. The van der Waals surface area contributed by atoms with Crippen molar-refractivity contribution in [3.63, 3.8) is 0 Å². The number of hydrogen-bond donors (Lipinski definition) is 2. The van der Waals surface area contributed by atoms with Gasteiger partial charge in [0.15, 0.2) is 0 Å². The number of hydrogen-bond acceptors (Lipinski definition) is 5. The van der Waals surface area contributed by atoms with E-state index in [0.717, 1.165) is 23.3 Å². The number of benzene rings is 3. The molecular weight excluding hydrogens is 388 g/mol.